The summed E-state index contributed by atoms with van der Waals surface area (Å²) >= 11 is 0. The molecule has 1 N–H and O–H groups in total. The zero-order valence-corrected chi connectivity index (χ0v) is 11.6. The number of piperazine rings is 1. The van der Waals surface area contributed by atoms with E-state index in [0.717, 1.165) is 37.6 Å². The van der Waals surface area contributed by atoms with Crippen molar-refractivity contribution in [3.05, 3.63) is 24.3 Å². The molecule has 1 aliphatic rings. The van der Waals surface area contributed by atoms with Gasteiger partial charge in [-0.25, -0.2) is 0 Å². The molecule has 0 spiro atoms. The molecule has 5 heteroatoms. The van der Waals surface area contributed by atoms with Gasteiger partial charge in [-0.05, 0) is 19.2 Å². The average Bonchev–Trinajstić information content (AvgIpc) is 2.48. The topological polar surface area (TPSA) is 44.8 Å². The average molecular weight is 263 g/mol. The first-order chi connectivity index (χ1) is 9.24. The van der Waals surface area contributed by atoms with Crippen molar-refractivity contribution in [1.82, 2.24) is 10.2 Å². The maximum absolute atomic E-state index is 11.8. The van der Waals surface area contributed by atoms with Crippen LogP contribution >= 0.6 is 0 Å². The summed E-state index contributed by atoms with van der Waals surface area (Å²) in [5.41, 5.74) is 1.15. The van der Waals surface area contributed by atoms with Crippen molar-refractivity contribution in [2.24, 2.45) is 0 Å². The summed E-state index contributed by atoms with van der Waals surface area (Å²) in [5.74, 6) is 1.04. The Morgan fingerprint density at radius 1 is 1.32 bits per heavy atom. The minimum absolute atomic E-state index is 0.174. The second-order valence-corrected chi connectivity index (χ2v) is 4.60. The Morgan fingerprint density at radius 3 is 2.68 bits per heavy atom. The smallest absolute Gasteiger partial charge is 0.236 e. The minimum atomic E-state index is 0.174. The summed E-state index contributed by atoms with van der Waals surface area (Å²) in [6.45, 7) is 3.69. The van der Waals surface area contributed by atoms with Crippen LogP contribution in [0.4, 0.5) is 5.69 Å². The molecule has 19 heavy (non-hydrogen) atoms. The summed E-state index contributed by atoms with van der Waals surface area (Å²) in [4.78, 5) is 16.0. The Hall–Kier alpha value is -1.75. The Kier molecular flexibility index (Phi) is 4.63. The van der Waals surface area contributed by atoms with E-state index in [1.54, 1.807) is 14.2 Å². The minimum Gasteiger partial charge on any atom is -0.497 e. The highest BCUT2D eigenvalue weighted by Gasteiger charge is 2.20. The molecule has 1 saturated heterocycles. The van der Waals surface area contributed by atoms with Crippen molar-refractivity contribution in [2.75, 3.05) is 51.8 Å². The van der Waals surface area contributed by atoms with Gasteiger partial charge in [0.1, 0.15) is 5.75 Å². The number of nitrogens with one attached hydrogen (secondary N) is 1. The van der Waals surface area contributed by atoms with Gasteiger partial charge in [-0.3, -0.25) is 4.79 Å². The predicted octanol–water partition coefficient (Wildman–Crippen LogP) is 0.563. The fourth-order valence-corrected chi connectivity index (χ4v) is 2.28. The van der Waals surface area contributed by atoms with Crippen molar-refractivity contribution in [3.8, 4) is 5.75 Å². The molecule has 0 atom stereocenters. The number of carbonyl (C=O) groups excluding carboxylic acids is 1. The van der Waals surface area contributed by atoms with Crippen LogP contribution in [0.25, 0.3) is 0 Å². The van der Waals surface area contributed by atoms with Gasteiger partial charge in [0.15, 0.2) is 0 Å². The number of hydrogen-bond acceptors (Lipinski definition) is 4. The van der Waals surface area contributed by atoms with Crippen molar-refractivity contribution >= 4 is 11.6 Å². The standard InChI is InChI=1S/C14H21N3O2/c1-15-11-14(18)17-8-6-16(7-9-17)12-4-3-5-13(10-12)19-2/h3-5,10,15H,6-9,11H2,1-2H3. The molecule has 1 heterocycles. The van der Waals surface area contributed by atoms with E-state index in [9.17, 15) is 4.79 Å². The maximum atomic E-state index is 11.8. The van der Waals surface area contributed by atoms with Gasteiger partial charge >= 0.3 is 0 Å². The number of benzene rings is 1. The highest BCUT2D eigenvalue weighted by atomic mass is 16.5. The van der Waals surface area contributed by atoms with Crippen LogP contribution in [0.5, 0.6) is 5.75 Å². The van der Waals surface area contributed by atoms with Gasteiger partial charge in [0.25, 0.3) is 0 Å². The van der Waals surface area contributed by atoms with Crippen LogP contribution in [-0.4, -0.2) is 57.7 Å². The van der Waals surface area contributed by atoms with Gasteiger partial charge in [-0.15, -0.1) is 0 Å². The van der Waals surface area contributed by atoms with E-state index in [-0.39, 0.29) is 5.91 Å². The number of nitrogens with zero attached hydrogens (tertiary/aromatic N) is 2. The van der Waals surface area contributed by atoms with E-state index < -0.39 is 0 Å². The molecule has 0 aliphatic carbocycles. The van der Waals surface area contributed by atoms with Gasteiger partial charge in [-0.2, -0.15) is 0 Å². The van der Waals surface area contributed by atoms with E-state index in [1.807, 2.05) is 23.1 Å². The van der Waals surface area contributed by atoms with E-state index in [1.165, 1.54) is 0 Å². The number of hydrogen-bond donors (Lipinski definition) is 1. The van der Waals surface area contributed by atoms with Crippen LogP contribution < -0.4 is 15.0 Å². The molecule has 2 rings (SSSR count). The van der Waals surface area contributed by atoms with Crippen LogP contribution in [0.1, 0.15) is 0 Å². The highest BCUT2D eigenvalue weighted by molar-refractivity contribution is 5.78. The van der Waals surface area contributed by atoms with E-state index in [4.69, 9.17) is 4.74 Å². The molecule has 0 radical (unpaired) electrons. The Bertz CT molecular complexity index is 428. The van der Waals surface area contributed by atoms with E-state index >= 15 is 0 Å². The van der Waals surface area contributed by atoms with Crippen molar-refractivity contribution in [1.29, 1.82) is 0 Å². The third kappa shape index (κ3) is 3.38. The Labute approximate surface area is 114 Å². The lowest BCUT2D eigenvalue weighted by molar-refractivity contribution is -0.130. The third-order valence-corrected chi connectivity index (χ3v) is 3.38. The van der Waals surface area contributed by atoms with Crippen LogP contribution in [0.3, 0.4) is 0 Å². The monoisotopic (exact) mass is 263 g/mol. The molecule has 1 aromatic rings. The predicted molar refractivity (Wildman–Crippen MR) is 75.7 cm³/mol. The van der Waals surface area contributed by atoms with E-state index in [2.05, 4.69) is 16.3 Å². The van der Waals surface area contributed by atoms with Gasteiger partial charge in [0.05, 0.1) is 13.7 Å². The fraction of sp³-hybridized carbons (Fsp3) is 0.500. The first-order valence-electron chi connectivity index (χ1n) is 6.56. The van der Waals surface area contributed by atoms with Gasteiger partial charge in [0.2, 0.25) is 5.91 Å². The zero-order valence-electron chi connectivity index (χ0n) is 11.6. The first-order valence-corrected chi connectivity index (χ1v) is 6.56. The Balaban J connectivity index is 1.94. The second-order valence-electron chi connectivity index (χ2n) is 4.60. The molecule has 1 aromatic carbocycles. The van der Waals surface area contributed by atoms with Crippen LogP contribution in [0.2, 0.25) is 0 Å². The quantitative estimate of drug-likeness (QED) is 0.862. The molecular formula is C14H21N3O2. The number of ether oxygens (including phenoxy) is 1. The SMILES string of the molecule is CNCC(=O)N1CCN(c2cccc(OC)c2)CC1. The molecule has 1 fully saturated rings. The summed E-state index contributed by atoms with van der Waals surface area (Å²) in [5, 5.41) is 2.90. The third-order valence-electron chi connectivity index (χ3n) is 3.38. The molecule has 0 aromatic heterocycles. The molecule has 1 amide bonds. The number of amides is 1. The Morgan fingerprint density at radius 2 is 2.05 bits per heavy atom. The molecule has 5 nitrogen and oxygen atoms in total. The van der Waals surface area contributed by atoms with Gasteiger partial charge < -0.3 is 19.9 Å². The first kappa shape index (κ1) is 13.7. The van der Waals surface area contributed by atoms with Crippen LogP contribution in [-0.2, 0) is 4.79 Å². The molecule has 104 valence electrons. The number of likely N-dealkylation sites (N-methyl/N-ethyl adjacent to an activating group) is 1. The molecule has 0 unspecified atom stereocenters. The number of anilines is 1. The molecule has 1 aliphatic heterocycles. The summed E-state index contributed by atoms with van der Waals surface area (Å²) < 4.78 is 5.24. The summed E-state index contributed by atoms with van der Waals surface area (Å²) in [7, 11) is 3.47. The highest BCUT2D eigenvalue weighted by Crippen LogP contribution is 2.21. The summed E-state index contributed by atoms with van der Waals surface area (Å²) in [6, 6.07) is 8.04. The van der Waals surface area contributed by atoms with Crippen LogP contribution in [0.15, 0.2) is 24.3 Å². The van der Waals surface area contributed by atoms with Crippen molar-refractivity contribution in [3.63, 3.8) is 0 Å². The van der Waals surface area contributed by atoms with E-state index in [0.29, 0.717) is 6.54 Å². The number of carbonyl (C=O) groups is 1. The lowest BCUT2D eigenvalue weighted by Crippen LogP contribution is -2.50. The molecule has 0 saturated carbocycles. The molecule has 0 bridgehead atoms. The summed E-state index contributed by atoms with van der Waals surface area (Å²) in [6.07, 6.45) is 0. The van der Waals surface area contributed by atoms with Crippen molar-refractivity contribution < 1.29 is 9.53 Å². The van der Waals surface area contributed by atoms with Gasteiger partial charge in [-0.1, -0.05) is 6.07 Å². The van der Waals surface area contributed by atoms with Crippen molar-refractivity contribution in [2.45, 2.75) is 0 Å². The lowest BCUT2D eigenvalue weighted by Gasteiger charge is -2.36. The maximum Gasteiger partial charge on any atom is 0.236 e. The number of methoxy groups -OCH3 is 1. The number of rotatable bonds is 4. The van der Waals surface area contributed by atoms with Crippen LogP contribution in [0, 0.1) is 0 Å². The lowest BCUT2D eigenvalue weighted by atomic mass is 10.2. The normalized spacial score (nSPS) is 15.5. The second kappa shape index (κ2) is 6.43. The zero-order chi connectivity index (χ0) is 13.7. The fourth-order valence-electron chi connectivity index (χ4n) is 2.28. The molecular weight excluding hydrogens is 242 g/mol. The van der Waals surface area contributed by atoms with Gasteiger partial charge in [0, 0.05) is 37.9 Å². The largest absolute Gasteiger partial charge is 0.497 e.